The van der Waals surface area contributed by atoms with E-state index in [1.807, 2.05) is 0 Å². The summed E-state index contributed by atoms with van der Waals surface area (Å²) in [6, 6.07) is 2.96. The summed E-state index contributed by atoms with van der Waals surface area (Å²) >= 11 is 11.7. The fourth-order valence-electron chi connectivity index (χ4n) is 5.36. The standard InChI is InChI=1S/C18H20Cl2N2O3/c19-13-1-2-14(20)21-16(13)17(24)25-9-15(23)22-18-6-10-3-11(7-18)5-12(4-10)8-18/h1-2,10-12H,3-9H2,(H,22,23). The molecule has 0 unspecified atom stereocenters. The van der Waals surface area contributed by atoms with Crippen molar-refractivity contribution in [3.63, 3.8) is 0 Å². The Morgan fingerprint density at radius 1 is 1.12 bits per heavy atom. The molecule has 5 rings (SSSR count). The Morgan fingerprint density at radius 2 is 1.72 bits per heavy atom. The van der Waals surface area contributed by atoms with Crippen molar-refractivity contribution >= 4 is 35.1 Å². The van der Waals surface area contributed by atoms with E-state index in [1.165, 1.54) is 31.4 Å². The van der Waals surface area contributed by atoms with Gasteiger partial charge in [0.1, 0.15) is 5.15 Å². The van der Waals surface area contributed by atoms with E-state index in [0.717, 1.165) is 37.0 Å². The fourth-order valence-corrected chi connectivity index (χ4v) is 5.69. The summed E-state index contributed by atoms with van der Waals surface area (Å²) in [5.41, 5.74) is -0.165. The number of ether oxygens (including phenoxy) is 1. The van der Waals surface area contributed by atoms with Gasteiger partial charge in [-0.1, -0.05) is 23.2 Å². The summed E-state index contributed by atoms with van der Waals surface area (Å²) in [4.78, 5) is 28.3. The van der Waals surface area contributed by atoms with Gasteiger partial charge in [0.15, 0.2) is 12.3 Å². The molecule has 1 amide bonds. The summed E-state index contributed by atoms with van der Waals surface area (Å²) < 4.78 is 5.08. The number of nitrogens with one attached hydrogen (secondary N) is 1. The first-order valence-electron chi connectivity index (χ1n) is 8.73. The number of carbonyl (C=O) groups is 2. The van der Waals surface area contributed by atoms with E-state index in [2.05, 4.69) is 10.3 Å². The topological polar surface area (TPSA) is 68.3 Å². The van der Waals surface area contributed by atoms with Gasteiger partial charge in [-0.25, -0.2) is 9.78 Å². The Kier molecular flexibility index (Phi) is 4.40. The number of hydrogen-bond donors (Lipinski definition) is 1. The molecular weight excluding hydrogens is 363 g/mol. The first kappa shape index (κ1) is 17.1. The van der Waals surface area contributed by atoms with Crippen LogP contribution in [0.3, 0.4) is 0 Å². The number of hydrogen-bond acceptors (Lipinski definition) is 4. The number of pyridine rings is 1. The molecule has 4 aliphatic rings. The van der Waals surface area contributed by atoms with E-state index >= 15 is 0 Å². The Morgan fingerprint density at radius 3 is 2.32 bits per heavy atom. The number of carbonyl (C=O) groups excluding carboxylic acids is 2. The smallest absolute Gasteiger partial charge is 0.359 e. The van der Waals surface area contributed by atoms with Crippen molar-refractivity contribution in [1.82, 2.24) is 10.3 Å². The van der Waals surface area contributed by atoms with Gasteiger partial charge in [-0.15, -0.1) is 0 Å². The largest absolute Gasteiger partial charge is 0.451 e. The molecule has 4 fully saturated rings. The van der Waals surface area contributed by atoms with E-state index in [-0.39, 0.29) is 33.9 Å². The Balaban J connectivity index is 1.35. The maximum absolute atomic E-state index is 12.3. The van der Waals surface area contributed by atoms with Gasteiger partial charge >= 0.3 is 5.97 Å². The van der Waals surface area contributed by atoms with Crippen LogP contribution in [0.25, 0.3) is 0 Å². The lowest BCUT2D eigenvalue weighted by Gasteiger charge is -2.56. The third-order valence-corrected chi connectivity index (χ3v) is 6.30. The van der Waals surface area contributed by atoms with Gasteiger partial charge < -0.3 is 10.1 Å². The van der Waals surface area contributed by atoms with Crippen molar-refractivity contribution in [1.29, 1.82) is 0 Å². The van der Waals surface area contributed by atoms with Crippen molar-refractivity contribution in [2.45, 2.75) is 44.1 Å². The maximum Gasteiger partial charge on any atom is 0.359 e. The third kappa shape index (κ3) is 3.49. The summed E-state index contributed by atoms with van der Waals surface area (Å²) in [6.07, 6.45) is 7.09. The third-order valence-electron chi connectivity index (χ3n) is 5.78. The van der Waals surface area contributed by atoms with Crippen LogP contribution < -0.4 is 5.32 Å². The molecule has 0 atom stereocenters. The van der Waals surface area contributed by atoms with Crippen LogP contribution in [0.1, 0.15) is 49.0 Å². The number of nitrogens with zero attached hydrogens (tertiary/aromatic N) is 1. The highest BCUT2D eigenvalue weighted by atomic mass is 35.5. The molecule has 1 heterocycles. The van der Waals surface area contributed by atoms with Gasteiger partial charge in [-0.05, 0) is 68.4 Å². The molecular formula is C18H20Cl2N2O3. The predicted octanol–water partition coefficient (Wildman–Crippen LogP) is 3.63. The van der Waals surface area contributed by atoms with Crippen LogP contribution in [0, 0.1) is 17.8 Å². The van der Waals surface area contributed by atoms with Gasteiger partial charge in [0.05, 0.1) is 5.02 Å². The average molecular weight is 383 g/mol. The molecule has 0 spiro atoms. The monoisotopic (exact) mass is 382 g/mol. The number of amides is 1. The van der Waals surface area contributed by atoms with E-state index in [4.69, 9.17) is 27.9 Å². The quantitative estimate of drug-likeness (QED) is 0.637. The molecule has 4 saturated carbocycles. The predicted molar refractivity (Wildman–Crippen MR) is 93.6 cm³/mol. The summed E-state index contributed by atoms with van der Waals surface area (Å²) in [6.45, 7) is -0.328. The molecule has 1 N–H and O–H groups in total. The van der Waals surface area contributed by atoms with E-state index in [1.54, 1.807) is 0 Å². The molecule has 4 bridgehead atoms. The van der Waals surface area contributed by atoms with Crippen molar-refractivity contribution in [3.8, 4) is 0 Å². The van der Waals surface area contributed by atoms with Crippen LogP contribution in [0.15, 0.2) is 12.1 Å². The van der Waals surface area contributed by atoms with Gasteiger partial charge in [0.2, 0.25) is 0 Å². The second-order valence-corrected chi connectivity index (χ2v) is 8.58. The number of esters is 1. The zero-order chi connectivity index (χ0) is 17.6. The minimum absolute atomic E-state index is 0.0724. The molecule has 4 aliphatic carbocycles. The van der Waals surface area contributed by atoms with Crippen LogP contribution in [0.4, 0.5) is 0 Å². The van der Waals surface area contributed by atoms with Crippen molar-refractivity contribution in [2.75, 3.05) is 6.61 Å². The lowest BCUT2D eigenvalue weighted by molar-refractivity contribution is -0.130. The highest BCUT2D eigenvalue weighted by Crippen LogP contribution is 2.55. The van der Waals surface area contributed by atoms with Gasteiger partial charge in [-0.2, -0.15) is 0 Å². The number of halogens is 2. The van der Waals surface area contributed by atoms with Gasteiger partial charge in [-0.3, -0.25) is 4.79 Å². The van der Waals surface area contributed by atoms with Crippen LogP contribution in [-0.4, -0.2) is 29.0 Å². The molecule has 0 aliphatic heterocycles. The molecule has 7 heteroatoms. The van der Waals surface area contributed by atoms with E-state index < -0.39 is 5.97 Å². The summed E-state index contributed by atoms with van der Waals surface area (Å²) in [7, 11) is 0. The normalized spacial score (nSPS) is 32.5. The molecule has 0 aromatic carbocycles. The SMILES string of the molecule is O=C(COC(=O)c1nc(Cl)ccc1Cl)NC12CC3CC(CC(C3)C1)C2. The highest BCUT2D eigenvalue weighted by molar-refractivity contribution is 6.34. The highest BCUT2D eigenvalue weighted by Gasteiger charge is 2.51. The maximum atomic E-state index is 12.3. The van der Waals surface area contributed by atoms with Crippen molar-refractivity contribution in [3.05, 3.63) is 28.0 Å². The van der Waals surface area contributed by atoms with Gasteiger partial charge in [0, 0.05) is 5.54 Å². The fraction of sp³-hybridized carbons (Fsp3) is 0.611. The molecule has 1 aromatic rings. The average Bonchev–Trinajstić information content (AvgIpc) is 2.53. The summed E-state index contributed by atoms with van der Waals surface area (Å²) in [5.74, 6) is 1.22. The zero-order valence-electron chi connectivity index (χ0n) is 13.8. The number of rotatable bonds is 4. The van der Waals surface area contributed by atoms with Crippen molar-refractivity contribution in [2.24, 2.45) is 17.8 Å². The minimum atomic E-state index is -0.742. The zero-order valence-corrected chi connectivity index (χ0v) is 15.3. The Labute approximate surface area is 156 Å². The van der Waals surface area contributed by atoms with Crippen LogP contribution >= 0.6 is 23.2 Å². The van der Waals surface area contributed by atoms with Crippen LogP contribution in [0.2, 0.25) is 10.2 Å². The first-order chi connectivity index (χ1) is 11.9. The minimum Gasteiger partial charge on any atom is -0.451 e. The summed E-state index contributed by atoms with van der Waals surface area (Å²) in [5, 5.41) is 3.46. The molecule has 1 aromatic heterocycles. The molecule has 134 valence electrons. The first-order valence-corrected chi connectivity index (χ1v) is 9.48. The molecule has 5 nitrogen and oxygen atoms in total. The van der Waals surface area contributed by atoms with Crippen molar-refractivity contribution < 1.29 is 14.3 Å². The lowest BCUT2D eigenvalue weighted by Crippen LogP contribution is -2.60. The lowest BCUT2D eigenvalue weighted by atomic mass is 9.53. The van der Waals surface area contributed by atoms with E-state index in [0.29, 0.717) is 0 Å². The molecule has 0 radical (unpaired) electrons. The van der Waals surface area contributed by atoms with E-state index in [9.17, 15) is 9.59 Å². The second-order valence-electron chi connectivity index (χ2n) is 7.79. The second kappa shape index (κ2) is 6.44. The molecule has 25 heavy (non-hydrogen) atoms. The van der Waals surface area contributed by atoms with Gasteiger partial charge in [0.25, 0.3) is 5.91 Å². The Bertz CT molecular complexity index is 687. The van der Waals surface area contributed by atoms with Crippen LogP contribution in [-0.2, 0) is 9.53 Å². The Hall–Kier alpha value is -1.33. The van der Waals surface area contributed by atoms with Crippen LogP contribution in [0.5, 0.6) is 0 Å². The molecule has 0 saturated heterocycles. The number of aromatic nitrogens is 1.